The molecule has 1 amide bonds. The second kappa shape index (κ2) is 11.2. The van der Waals surface area contributed by atoms with Crippen LogP contribution >= 0.6 is 0 Å². The largest absolute Gasteiger partial charge is 0.438 e. The molecule has 6 rings (SSSR count). The number of fused-ring (bicyclic) bond motifs is 1. The van der Waals surface area contributed by atoms with E-state index in [1.807, 2.05) is 23.2 Å². The molecule has 8 heteroatoms. The zero-order chi connectivity index (χ0) is 27.7. The molecule has 1 aromatic carbocycles. The van der Waals surface area contributed by atoms with Gasteiger partial charge in [-0.1, -0.05) is 39.3 Å². The normalized spacial score (nSPS) is 18.6. The van der Waals surface area contributed by atoms with Crippen molar-refractivity contribution in [2.45, 2.75) is 64.3 Å². The van der Waals surface area contributed by atoms with Crippen molar-refractivity contribution in [1.82, 2.24) is 24.8 Å². The maximum atomic E-state index is 13.7. The van der Waals surface area contributed by atoms with Crippen LogP contribution in [0.1, 0.15) is 67.2 Å². The van der Waals surface area contributed by atoms with E-state index >= 15 is 0 Å². The lowest BCUT2D eigenvalue weighted by atomic mass is 9.87. The standard InChI is InChI=1S/C32H40N6O2/c1-32(2,3)24-9-11-26(12-10-24)40-29-27(8-5-15-33-29)30(39)37-16-13-23-22-34-31(35-28(23)14-17-37)38-20-18-36(19-21-38)25-6-4-7-25/h5,8-12,15,22,25H,4,6-7,13-14,16-21H2,1-3H3. The third-order valence-corrected chi connectivity index (χ3v) is 8.62. The number of benzene rings is 1. The summed E-state index contributed by atoms with van der Waals surface area (Å²) in [7, 11) is 0. The number of aromatic nitrogens is 3. The summed E-state index contributed by atoms with van der Waals surface area (Å²) in [5.74, 6) is 1.76. The fraction of sp³-hybridized carbons (Fsp3) is 0.500. The number of hydrogen-bond acceptors (Lipinski definition) is 7. The minimum Gasteiger partial charge on any atom is -0.438 e. The zero-order valence-electron chi connectivity index (χ0n) is 24.0. The van der Waals surface area contributed by atoms with Crippen LogP contribution in [0.15, 0.2) is 48.8 Å². The van der Waals surface area contributed by atoms with Gasteiger partial charge >= 0.3 is 0 Å². The molecule has 2 aliphatic heterocycles. The van der Waals surface area contributed by atoms with Crippen LogP contribution in [0.3, 0.4) is 0 Å². The smallest absolute Gasteiger partial charge is 0.259 e. The number of amides is 1. The highest BCUT2D eigenvalue weighted by molar-refractivity contribution is 5.96. The number of carbonyl (C=O) groups is 1. The highest BCUT2D eigenvalue weighted by Gasteiger charge is 2.29. The highest BCUT2D eigenvalue weighted by Crippen LogP contribution is 2.29. The third-order valence-electron chi connectivity index (χ3n) is 8.62. The van der Waals surface area contributed by atoms with E-state index in [1.165, 1.54) is 24.8 Å². The number of nitrogens with zero attached hydrogens (tertiary/aromatic N) is 6. The average Bonchev–Trinajstić information content (AvgIpc) is 3.15. The summed E-state index contributed by atoms with van der Waals surface area (Å²) < 4.78 is 6.11. The molecule has 3 aliphatic rings. The Morgan fingerprint density at radius 2 is 1.68 bits per heavy atom. The number of piperazine rings is 1. The molecular formula is C32H40N6O2. The second-order valence-electron chi connectivity index (χ2n) is 12.3. The molecule has 0 radical (unpaired) electrons. The van der Waals surface area contributed by atoms with Gasteiger partial charge in [0.05, 0.1) is 5.69 Å². The van der Waals surface area contributed by atoms with Crippen molar-refractivity contribution in [2.75, 3.05) is 44.2 Å². The molecule has 1 saturated carbocycles. The fourth-order valence-electron chi connectivity index (χ4n) is 5.80. The summed E-state index contributed by atoms with van der Waals surface area (Å²) in [4.78, 5) is 34.7. The van der Waals surface area contributed by atoms with Crippen LogP contribution in [0, 0.1) is 0 Å². The van der Waals surface area contributed by atoms with Crippen LogP contribution < -0.4 is 9.64 Å². The number of hydrogen-bond donors (Lipinski definition) is 0. The van der Waals surface area contributed by atoms with Gasteiger partial charge in [0.1, 0.15) is 11.3 Å². The van der Waals surface area contributed by atoms with Crippen LogP contribution in [-0.2, 0) is 18.3 Å². The van der Waals surface area contributed by atoms with E-state index in [9.17, 15) is 4.79 Å². The maximum Gasteiger partial charge on any atom is 0.259 e. The predicted octanol–water partition coefficient (Wildman–Crippen LogP) is 4.88. The Hall–Kier alpha value is -3.52. The Morgan fingerprint density at radius 1 is 0.925 bits per heavy atom. The van der Waals surface area contributed by atoms with E-state index in [0.717, 1.165) is 55.8 Å². The zero-order valence-corrected chi connectivity index (χ0v) is 24.0. The number of rotatable bonds is 5. The van der Waals surface area contributed by atoms with Crippen molar-refractivity contribution in [3.63, 3.8) is 0 Å². The van der Waals surface area contributed by atoms with Crippen LogP contribution in [0.2, 0.25) is 0 Å². The summed E-state index contributed by atoms with van der Waals surface area (Å²) in [5, 5.41) is 0. The molecule has 0 atom stereocenters. The molecule has 0 spiro atoms. The van der Waals surface area contributed by atoms with Gasteiger partial charge in [-0.2, -0.15) is 0 Å². The molecule has 1 saturated heterocycles. The molecule has 0 N–H and O–H groups in total. The molecule has 210 valence electrons. The number of ether oxygens (including phenoxy) is 1. The van der Waals surface area contributed by atoms with Crippen LogP contribution in [-0.4, -0.2) is 76.0 Å². The Kier molecular flexibility index (Phi) is 7.45. The van der Waals surface area contributed by atoms with Gasteiger partial charge in [0, 0.05) is 64.1 Å². The van der Waals surface area contributed by atoms with Crippen molar-refractivity contribution in [3.05, 3.63) is 71.2 Å². The van der Waals surface area contributed by atoms with E-state index in [0.29, 0.717) is 36.7 Å². The molecule has 0 bridgehead atoms. The van der Waals surface area contributed by atoms with Gasteiger partial charge < -0.3 is 14.5 Å². The summed E-state index contributed by atoms with van der Waals surface area (Å²) in [6, 6.07) is 12.4. The van der Waals surface area contributed by atoms with Gasteiger partial charge in [-0.05, 0) is 60.1 Å². The average molecular weight is 541 g/mol. The minimum atomic E-state index is -0.0671. The SMILES string of the molecule is CC(C)(C)c1ccc(Oc2ncccc2C(=O)N2CCc3cnc(N4CCN(C5CCC5)CC4)nc3CC2)cc1. The van der Waals surface area contributed by atoms with Gasteiger partial charge in [0.2, 0.25) is 11.8 Å². The molecular weight excluding hydrogens is 500 g/mol. The molecule has 0 unspecified atom stereocenters. The van der Waals surface area contributed by atoms with Gasteiger partial charge in [-0.15, -0.1) is 0 Å². The topological polar surface area (TPSA) is 74.7 Å². The molecule has 2 aromatic heterocycles. The number of pyridine rings is 1. The first-order chi connectivity index (χ1) is 19.3. The minimum absolute atomic E-state index is 0.0602. The molecule has 8 nitrogen and oxygen atoms in total. The Bertz CT molecular complexity index is 1340. The third kappa shape index (κ3) is 5.68. The summed E-state index contributed by atoms with van der Waals surface area (Å²) in [6.07, 6.45) is 9.16. The summed E-state index contributed by atoms with van der Waals surface area (Å²) in [6.45, 7) is 11.9. The Labute approximate surface area is 237 Å². The first-order valence-electron chi connectivity index (χ1n) is 14.7. The Morgan fingerprint density at radius 3 is 2.38 bits per heavy atom. The summed E-state index contributed by atoms with van der Waals surface area (Å²) in [5.41, 5.74) is 3.95. The van der Waals surface area contributed by atoms with Gasteiger partial charge in [0.25, 0.3) is 5.91 Å². The second-order valence-corrected chi connectivity index (χ2v) is 12.3. The Balaban J connectivity index is 1.11. The maximum absolute atomic E-state index is 13.7. The quantitative estimate of drug-likeness (QED) is 0.457. The molecule has 40 heavy (non-hydrogen) atoms. The van der Waals surface area contributed by atoms with Gasteiger partial charge in [0.15, 0.2) is 0 Å². The van der Waals surface area contributed by atoms with Crippen molar-refractivity contribution in [1.29, 1.82) is 0 Å². The highest BCUT2D eigenvalue weighted by atomic mass is 16.5. The summed E-state index contributed by atoms with van der Waals surface area (Å²) >= 11 is 0. The number of anilines is 1. The van der Waals surface area contributed by atoms with Crippen molar-refractivity contribution in [2.24, 2.45) is 0 Å². The van der Waals surface area contributed by atoms with Crippen LogP contribution in [0.25, 0.3) is 0 Å². The lowest BCUT2D eigenvalue weighted by Crippen LogP contribution is -2.52. The van der Waals surface area contributed by atoms with Crippen molar-refractivity contribution >= 4 is 11.9 Å². The van der Waals surface area contributed by atoms with Gasteiger partial charge in [-0.3, -0.25) is 9.69 Å². The van der Waals surface area contributed by atoms with E-state index in [2.05, 4.69) is 47.7 Å². The van der Waals surface area contributed by atoms with Crippen molar-refractivity contribution < 1.29 is 9.53 Å². The fourth-order valence-corrected chi connectivity index (χ4v) is 5.80. The van der Waals surface area contributed by atoms with E-state index in [-0.39, 0.29) is 11.3 Å². The first kappa shape index (κ1) is 26.7. The monoisotopic (exact) mass is 540 g/mol. The lowest BCUT2D eigenvalue weighted by molar-refractivity contribution is 0.0759. The van der Waals surface area contributed by atoms with Crippen molar-refractivity contribution in [3.8, 4) is 11.6 Å². The van der Waals surface area contributed by atoms with E-state index in [1.54, 1.807) is 18.3 Å². The van der Waals surface area contributed by atoms with Crippen LogP contribution in [0.5, 0.6) is 11.6 Å². The molecule has 4 heterocycles. The van der Waals surface area contributed by atoms with Crippen LogP contribution in [0.4, 0.5) is 5.95 Å². The molecule has 2 fully saturated rings. The first-order valence-corrected chi connectivity index (χ1v) is 14.7. The predicted molar refractivity (Wildman–Crippen MR) is 156 cm³/mol. The molecule has 1 aliphatic carbocycles. The lowest BCUT2D eigenvalue weighted by Gasteiger charge is -2.43. The number of carbonyl (C=O) groups excluding carboxylic acids is 1. The van der Waals surface area contributed by atoms with E-state index < -0.39 is 0 Å². The molecule has 3 aromatic rings. The van der Waals surface area contributed by atoms with E-state index in [4.69, 9.17) is 14.7 Å². The van der Waals surface area contributed by atoms with Gasteiger partial charge in [-0.25, -0.2) is 15.0 Å².